The molecule has 0 saturated heterocycles. The van der Waals surface area contributed by atoms with Gasteiger partial charge in [0.2, 0.25) is 0 Å². The Labute approximate surface area is 243 Å². The summed E-state index contributed by atoms with van der Waals surface area (Å²) in [6.07, 6.45) is 11.0. The van der Waals surface area contributed by atoms with E-state index in [1.165, 1.54) is 44.9 Å². The molecule has 0 spiro atoms. The highest BCUT2D eigenvalue weighted by Gasteiger charge is 2.64. The standard InChI is InChI=1S/C31H61NO4Si3/c1-30-18-17-23(35-38(7,8)9)19-22(30)13-14-24-25-15-16-26(27(32-33-3)21-34-37(4,5)6)31(25,2)20-28(29(24)30)36-39(10,11)12/h22-26,28-29H,13-21H2,1-12H3/b32-27+/t22?,23?,24-,25-,26+,28?,29+,30-,31-/m0/s1. The third-order valence-electron chi connectivity index (χ3n) is 10.8. The number of fused-ring (bicyclic) bond motifs is 5. The summed E-state index contributed by atoms with van der Waals surface area (Å²) < 4.78 is 20.4. The van der Waals surface area contributed by atoms with E-state index in [9.17, 15) is 0 Å². The molecule has 4 saturated carbocycles. The second kappa shape index (κ2) is 11.3. The average molecular weight is 596 g/mol. The molecule has 0 N–H and O–H groups in total. The van der Waals surface area contributed by atoms with Gasteiger partial charge in [-0.25, -0.2) is 0 Å². The van der Waals surface area contributed by atoms with Crippen LogP contribution >= 0.6 is 0 Å². The van der Waals surface area contributed by atoms with E-state index < -0.39 is 25.0 Å². The lowest BCUT2D eigenvalue weighted by molar-refractivity contribution is -0.168. The van der Waals surface area contributed by atoms with Crippen LogP contribution in [0.15, 0.2) is 5.16 Å². The molecular formula is C31H61NO4Si3. The fourth-order valence-electron chi connectivity index (χ4n) is 9.62. The van der Waals surface area contributed by atoms with Gasteiger partial charge in [-0.15, -0.1) is 0 Å². The topological polar surface area (TPSA) is 49.3 Å². The molecule has 0 radical (unpaired) electrons. The van der Waals surface area contributed by atoms with E-state index in [0.717, 1.165) is 29.9 Å². The first-order valence-electron chi connectivity index (χ1n) is 16.0. The Hall–Kier alpha value is 0.000649. The van der Waals surface area contributed by atoms with Crippen molar-refractivity contribution in [2.45, 2.75) is 136 Å². The van der Waals surface area contributed by atoms with Crippen LogP contribution in [0.25, 0.3) is 0 Å². The molecule has 8 heteroatoms. The van der Waals surface area contributed by atoms with Crippen LogP contribution in [0.4, 0.5) is 0 Å². The van der Waals surface area contributed by atoms with Crippen molar-refractivity contribution >= 4 is 30.7 Å². The monoisotopic (exact) mass is 595 g/mol. The minimum Gasteiger partial charge on any atom is -0.415 e. The molecule has 5 nitrogen and oxygen atoms in total. The summed E-state index contributed by atoms with van der Waals surface area (Å²) in [7, 11) is -3.21. The van der Waals surface area contributed by atoms with Crippen molar-refractivity contribution in [2.24, 2.45) is 45.6 Å². The molecule has 39 heavy (non-hydrogen) atoms. The van der Waals surface area contributed by atoms with E-state index in [-0.39, 0.29) is 5.41 Å². The summed E-state index contributed by atoms with van der Waals surface area (Å²) in [6, 6.07) is 0. The quantitative estimate of drug-likeness (QED) is 0.152. The van der Waals surface area contributed by atoms with Gasteiger partial charge in [0.05, 0.1) is 12.3 Å². The maximum atomic E-state index is 7.26. The maximum Gasteiger partial charge on any atom is 0.184 e. The average Bonchev–Trinajstić information content (AvgIpc) is 3.10. The highest BCUT2D eigenvalue weighted by Crippen LogP contribution is 2.68. The zero-order valence-corrected chi connectivity index (χ0v) is 30.5. The lowest BCUT2D eigenvalue weighted by Gasteiger charge is -2.64. The molecule has 4 aliphatic rings. The van der Waals surface area contributed by atoms with Crippen LogP contribution in [-0.2, 0) is 18.1 Å². The summed E-state index contributed by atoms with van der Waals surface area (Å²) in [5.74, 6) is 3.32. The summed E-state index contributed by atoms with van der Waals surface area (Å²) in [6.45, 7) is 26.9. The maximum absolute atomic E-state index is 7.26. The lowest BCUT2D eigenvalue weighted by Crippen LogP contribution is -2.61. The first kappa shape index (κ1) is 31.9. The Kier molecular flexibility index (Phi) is 9.21. The molecule has 0 amide bonds. The van der Waals surface area contributed by atoms with E-state index >= 15 is 0 Å². The van der Waals surface area contributed by atoms with Crippen LogP contribution in [0, 0.1) is 40.4 Å². The molecule has 4 fully saturated rings. The van der Waals surface area contributed by atoms with Crippen LogP contribution in [0.2, 0.25) is 58.9 Å². The highest BCUT2D eigenvalue weighted by atomic mass is 28.4. The highest BCUT2D eigenvalue weighted by molar-refractivity contribution is 6.70. The zero-order valence-electron chi connectivity index (χ0n) is 27.5. The molecule has 226 valence electrons. The Bertz CT molecular complexity index is 894. The largest absolute Gasteiger partial charge is 0.415 e. The molecule has 0 bridgehead atoms. The predicted octanol–water partition coefficient (Wildman–Crippen LogP) is 8.55. The van der Waals surface area contributed by atoms with Crippen molar-refractivity contribution in [1.29, 1.82) is 0 Å². The third kappa shape index (κ3) is 6.98. The number of hydrogen-bond donors (Lipinski definition) is 0. The van der Waals surface area contributed by atoms with Crippen molar-refractivity contribution in [3.05, 3.63) is 0 Å². The molecule has 4 rings (SSSR count). The van der Waals surface area contributed by atoms with Gasteiger partial charge in [0, 0.05) is 18.1 Å². The molecule has 0 aromatic heterocycles. The van der Waals surface area contributed by atoms with Crippen molar-refractivity contribution in [1.82, 2.24) is 0 Å². The van der Waals surface area contributed by atoms with Gasteiger partial charge < -0.3 is 18.1 Å². The van der Waals surface area contributed by atoms with Gasteiger partial charge in [0.1, 0.15) is 7.11 Å². The number of hydrogen-bond acceptors (Lipinski definition) is 5. The van der Waals surface area contributed by atoms with Crippen molar-refractivity contribution in [3.63, 3.8) is 0 Å². The van der Waals surface area contributed by atoms with Gasteiger partial charge in [0.25, 0.3) is 0 Å². The molecule has 0 aromatic carbocycles. The van der Waals surface area contributed by atoms with E-state index in [1.54, 1.807) is 7.11 Å². The Morgan fingerprint density at radius 2 is 1.46 bits per heavy atom. The molecule has 0 aromatic rings. The Morgan fingerprint density at radius 1 is 0.795 bits per heavy atom. The van der Waals surface area contributed by atoms with E-state index in [0.29, 0.717) is 36.1 Å². The van der Waals surface area contributed by atoms with Crippen molar-refractivity contribution in [3.8, 4) is 0 Å². The van der Waals surface area contributed by atoms with Gasteiger partial charge in [-0.1, -0.05) is 19.0 Å². The lowest BCUT2D eigenvalue weighted by atomic mass is 9.44. The predicted molar refractivity (Wildman–Crippen MR) is 171 cm³/mol. The Morgan fingerprint density at radius 3 is 2.05 bits per heavy atom. The smallest absolute Gasteiger partial charge is 0.184 e. The van der Waals surface area contributed by atoms with Crippen molar-refractivity contribution < 1.29 is 18.1 Å². The number of oxime groups is 1. The summed E-state index contributed by atoms with van der Waals surface area (Å²) in [4.78, 5) is 5.44. The second-order valence-electron chi connectivity index (χ2n) is 17.0. The molecular weight excluding hydrogens is 535 g/mol. The van der Waals surface area contributed by atoms with Crippen molar-refractivity contribution in [2.75, 3.05) is 13.7 Å². The van der Waals surface area contributed by atoms with Crippen LogP contribution in [-0.4, -0.2) is 56.6 Å². The van der Waals surface area contributed by atoms with E-state index in [1.807, 2.05) is 0 Å². The normalized spacial score (nSPS) is 41.5. The van der Waals surface area contributed by atoms with Gasteiger partial charge in [-0.3, -0.25) is 0 Å². The van der Waals surface area contributed by atoms with Crippen LogP contribution in [0.3, 0.4) is 0 Å². The SMILES string of the molecule is CO/N=C(\CO[Si](C)(C)C)[C@H]1CC[C@H]2[C@@H]3CCC4CC(O[Si](C)(C)C)CC[C@]4(C)[C@H]3C(O[Si](C)(C)C)C[C@]12C. The molecule has 9 atom stereocenters. The molecule has 4 aliphatic carbocycles. The minimum atomic E-state index is -1.73. The Balaban J connectivity index is 1.64. The molecule has 3 unspecified atom stereocenters. The van der Waals surface area contributed by atoms with Crippen LogP contribution < -0.4 is 0 Å². The fourth-order valence-corrected chi connectivity index (χ4v) is 12.6. The fraction of sp³-hybridized carbons (Fsp3) is 0.968. The summed E-state index contributed by atoms with van der Waals surface area (Å²) >= 11 is 0. The van der Waals surface area contributed by atoms with Gasteiger partial charge in [-0.2, -0.15) is 0 Å². The zero-order chi connectivity index (χ0) is 29.0. The van der Waals surface area contributed by atoms with Gasteiger partial charge in [-0.05, 0) is 145 Å². The summed E-state index contributed by atoms with van der Waals surface area (Å²) in [5, 5.41) is 4.64. The van der Waals surface area contributed by atoms with Gasteiger partial charge >= 0.3 is 0 Å². The van der Waals surface area contributed by atoms with Gasteiger partial charge in [0.15, 0.2) is 25.0 Å². The van der Waals surface area contributed by atoms with Crippen LogP contribution in [0.5, 0.6) is 0 Å². The molecule has 0 aliphatic heterocycles. The third-order valence-corrected chi connectivity index (χ3v) is 13.9. The first-order chi connectivity index (χ1) is 17.9. The second-order valence-corrected chi connectivity index (χ2v) is 30.4. The minimum absolute atomic E-state index is 0.187. The van der Waals surface area contributed by atoms with E-state index in [2.05, 4.69) is 77.9 Å². The van der Waals surface area contributed by atoms with E-state index in [4.69, 9.17) is 18.1 Å². The number of nitrogens with zero attached hydrogens (tertiary/aromatic N) is 1. The summed E-state index contributed by atoms with van der Waals surface area (Å²) in [5.41, 5.74) is 1.68. The van der Waals surface area contributed by atoms with Crippen LogP contribution in [0.1, 0.15) is 65.2 Å². The first-order valence-corrected chi connectivity index (χ1v) is 26.2. The molecule has 0 heterocycles. The number of rotatable bonds is 9.